The average molecular weight is 444 g/mol. The molecule has 4 amide bonds. The zero-order chi connectivity index (χ0) is 23.7. The maximum atomic E-state index is 12.7. The van der Waals surface area contributed by atoms with Crippen LogP contribution in [0.3, 0.4) is 0 Å². The normalized spacial score (nSPS) is 19.6. The second kappa shape index (κ2) is 12.2. The number of aliphatic carboxylic acids is 1. The van der Waals surface area contributed by atoms with E-state index in [1.807, 2.05) is 6.92 Å². The fourth-order valence-corrected chi connectivity index (χ4v) is 3.30. The predicted octanol–water partition coefficient (Wildman–Crippen LogP) is -2.47. The Labute approximate surface area is 180 Å². The highest BCUT2D eigenvalue weighted by Gasteiger charge is 2.36. The van der Waals surface area contributed by atoms with Gasteiger partial charge in [0.2, 0.25) is 23.6 Å². The van der Waals surface area contributed by atoms with E-state index in [1.54, 1.807) is 6.92 Å². The standard InChI is InChI=1S/C19H33N5O7/c1-4-10(2)15(23-17(28)12-6-5-7-24(12)14(27)8-20)18(29)21-9-13(26)22-16(11(3)25)19(30)31/h10-12,15-16,25H,4-9,20H2,1-3H3,(H,21,29)(H,22,26)(H,23,28)(H,30,31)/t10-,11+,12-,15-,16-/m0/s1. The lowest BCUT2D eigenvalue weighted by atomic mass is 9.97. The first-order valence-electron chi connectivity index (χ1n) is 10.3. The van der Waals surface area contributed by atoms with Crippen molar-refractivity contribution >= 4 is 29.6 Å². The molecule has 1 aliphatic rings. The second-order valence-electron chi connectivity index (χ2n) is 7.66. The molecule has 0 aromatic rings. The Morgan fingerprint density at radius 1 is 1.13 bits per heavy atom. The average Bonchev–Trinajstić information content (AvgIpc) is 3.22. The van der Waals surface area contributed by atoms with E-state index in [4.69, 9.17) is 10.8 Å². The summed E-state index contributed by atoms with van der Waals surface area (Å²) in [5.74, 6) is -3.90. The summed E-state index contributed by atoms with van der Waals surface area (Å²) in [4.78, 5) is 61.8. The van der Waals surface area contributed by atoms with Gasteiger partial charge in [-0.3, -0.25) is 19.2 Å². The molecule has 5 atom stereocenters. The summed E-state index contributed by atoms with van der Waals surface area (Å²) >= 11 is 0. The van der Waals surface area contributed by atoms with Gasteiger partial charge >= 0.3 is 5.97 Å². The van der Waals surface area contributed by atoms with Crippen molar-refractivity contribution < 1.29 is 34.2 Å². The van der Waals surface area contributed by atoms with E-state index in [0.717, 1.165) is 0 Å². The molecule has 1 fully saturated rings. The van der Waals surface area contributed by atoms with Crippen LogP contribution in [0.15, 0.2) is 0 Å². The third-order valence-corrected chi connectivity index (χ3v) is 5.33. The van der Waals surface area contributed by atoms with Crippen LogP contribution in [-0.2, 0) is 24.0 Å². The molecule has 7 N–H and O–H groups in total. The summed E-state index contributed by atoms with van der Waals surface area (Å²) in [6.07, 6.45) is 0.349. The van der Waals surface area contributed by atoms with Gasteiger partial charge < -0.3 is 36.8 Å². The van der Waals surface area contributed by atoms with Crippen molar-refractivity contribution in [1.29, 1.82) is 0 Å². The van der Waals surface area contributed by atoms with Gasteiger partial charge in [0.05, 0.1) is 19.2 Å². The highest BCUT2D eigenvalue weighted by molar-refractivity contribution is 5.94. The van der Waals surface area contributed by atoms with E-state index in [0.29, 0.717) is 25.8 Å². The minimum Gasteiger partial charge on any atom is -0.480 e. The van der Waals surface area contributed by atoms with Crippen LogP contribution in [0.1, 0.15) is 40.0 Å². The number of hydrogen-bond acceptors (Lipinski definition) is 7. The van der Waals surface area contributed by atoms with Crippen LogP contribution in [0, 0.1) is 5.92 Å². The van der Waals surface area contributed by atoms with Crippen molar-refractivity contribution in [1.82, 2.24) is 20.9 Å². The predicted molar refractivity (Wildman–Crippen MR) is 109 cm³/mol. The van der Waals surface area contributed by atoms with Crippen LogP contribution < -0.4 is 21.7 Å². The fourth-order valence-electron chi connectivity index (χ4n) is 3.30. The first kappa shape index (κ1) is 26.3. The molecule has 0 aromatic heterocycles. The number of nitrogens with zero attached hydrogens (tertiary/aromatic N) is 1. The molecule has 0 aromatic carbocycles. The van der Waals surface area contributed by atoms with Gasteiger partial charge in [-0.2, -0.15) is 0 Å². The van der Waals surface area contributed by atoms with Gasteiger partial charge in [0.15, 0.2) is 6.04 Å². The van der Waals surface area contributed by atoms with E-state index in [-0.39, 0.29) is 18.4 Å². The number of carbonyl (C=O) groups excluding carboxylic acids is 4. The molecule has 0 spiro atoms. The molecular formula is C19H33N5O7. The number of carbonyl (C=O) groups is 5. The zero-order valence-corrected chi connectivity index (χ0v) is 18.1. The van der Waals surface area contributed by atoms with Gasteiger partial charge in [0, 0.05) is 6.54 Å². The summed E-state index contributed by atoms with van der Waals surface area (Å²) in [6.45, 7) is 4.49. The molecule has 12 nitrogen and oxygen atoms in total. The van der Waals surface area contributed by atoms with E-state index in [2.05, 4.69) is 16.0 Å². The third kappa shape index (κ3) is 7.47. The Bertz CT molecular complexity index is 685. The third-order valence-electron chi connectivity index (χ3n) is 5.33. The van der Waals surface area contributed by atoms with Crippen molar-refractivity contribution in [3.63, 3.8) is 0 Å². The van der Waals surface area contributed by atoms with Crippen molar-refractivity contribution in [2.24, 2.45) is 11.7 Å². The maximum absolute atomic E-state index is 12.7. The zero-order valence-electron chi connectivity index (χ0n) is 18.1. The molecule has 0 unspecified atom stereocenters. The van der Waals surface area contributed by atoms with Gasteiger partial charge in [0.25, 0.3) is 0 Å². The summed E-state index contributed by atoms with van der Waals surface area (Å²) in [7, 11) is 0. The minimum atomic E-state index is -1.51. The lowest BCUT2D eigenvalue weighted by Gasteiger charge is -2.28. The number of hydrogen-bond donors (Lipinski definition) is 6. The first-order chi connectivity index (χ1) is 14.5. The van der Waals surface area contributed by atoms with Crippen molar-refractivity contribution in [3.05, 3.63) is 0 Å². The van der Waals surface area contributed by atoms with Crippen LogP contribution in [-0.4, -0.2) is 88.6 Å². The molecule has 1 rings (SSSR count). The highest BCUT2D eigenvalue weighted by atomic mass is 16.4. The highest BCUT2D eigenvalue weighted by Crippen LogP contribution is 2.18. The lowest BCUT2D eigenvalue weighted by molar-refractivity contribution is -0.144. The van der Waals surface area contributed by atoms with E-state index in [9.17, 15) is 29.1 Å². The molecule has 0 saturated carbocycles. The van der Waals surface area contributed by atoms with Gasteiger partial charge in [-0.15, -0.1) is 0 Å². The van der Waals surface area contributed by atoms with Crippen LogP contribution in [0.4, 0.5) is 0 Å². The maximum Gasteiger partial charge on any atom is 0.328 e. The number of likely N-dealkylation sites (tertiary alicyclic amines) is 1. The monoisotopic (exact) mass is 443 g/mol. The van der Waals surface area contributed by atoms with Crippen LogP contribution >= 0.6 is 0 Å². The van der Waals surface area contributed by atoms with Gasteiger partial charge in [-0.1, -0.05) is 20.3 Å². The summed E-state index contributed by atoms with van der Waals surface area (Å²) < 4.78 is 0. The second-order valence-corrected chi connectivity index (χ2v) is 7.66. The Hall–Kier alpha value is -2.73. The lowest BCUT2D eigenvalue weighted by Crippen LogP contribution is -2.57. The molecule has 1 aliphatic heterocycles. The summed E-state index contributed by atoms with van der Waals surface area (Å²) in [5.41, 5.74) is 5.40. The molecule has 31 heavy (non-hydrogen) atoms. The number of nitrogens with one attached hydrogen (secondary N) is 3. The van der Waals surface area contributed by atoms with E-state index in [1.165, 1.54) is 11.8 Å². The number of carboxylic acid groups (broad SMARTS) is 1. The Morgan fingerprint density at radius 2 is 1.77 bits per heavy atom. The Kier molecular flexibility index (Phi) is 10.4. The first-order valence-corrected chi connectivity index (χ1v) is 10.3. The molecule has 12 heteroatoms. The number of carboxylic acids is 1. The molecule has 1 heterocycles. The van der Waals surface area contributed by atoms with Crippen molar-refractivity contribution in [2.45, 2.75) is 64.3 Å². The molecular weight excluding hydrogens is 410 g/mol. The molecule has 0 bridgehead atoms. The SMILES string of the molecule is CC[C@H](C)[C@H](NC(=O)[C@@H]1CCCN1C(=O)CN)C(=O)NCC(=O)N[C@H](C(=O)O)[C@@H](C)O. The molecule has 0 aliphatic carbocycles. The van der Waals surface area contributed by atoms with Gasteiger partial charge in [0.1, 0.15) is 12.1 Å². The topological polar surface area (TPSA) is 191 Å². The number of aliphatic hydroxyl groups is 1. The van der Waals surface area contributed by atoms with Crippen LogP contribution in [0.25, 0.3) is 0 Å². The number of amides is 4. The summed E-state index contributed by atoms with van der Waals surface area (Å²) in [6, 6.07) is -3.17. The smallest absolute Gasteiger partial charge is 0.328 e. The van der Waals surface area contributed by atoms with Crippen molar-refractivity contribution in [3.8, 4) is 0 Å². The number of nitrogens with two attached hydrogens (primary N) is 1. The Morgan fingerprint density at radius 3 is 2.29 bits per heavy atom. The van der Waals surface area contributed by atoms with E-state index >= 15 is 0 Å². The van der Waals surface area contributed by atoms with Crippen LogP contribution in [0.2, 0.25) is 0 Å². The molecule has 0 radical (unpaired) electrons. The largest absolute Gasteiger partial charge is 0.480 e. The Balaban J connectivity index is 2.75. The molecule has 176 valence electrons. The van der Waals surface area contributed by atoms with Crippen LogP contribution in [0.5, 0.6) is 0 Å². The fraction of sp³-hybridized carbons (Fsp3) is 0.737. The molecule has 1 saturated heterocycles. The van der Waals surface area contributed by atoms with Gasteiger partial charge in [-0.05, 0) is 25.7 Å². The number of aliphatic hydroxyl groups excluding tert-OH is 1. The van der Waals surface area contributed by atoms with Gasteiger partial charge in [-0.25, -0.2) is 4.79 Å². The minimum absolute atomic E-state index is 0.210. The quantitative estimate of drug-likeness (QED) is 0.202. The van der Waals surface area contributed by atoms with Crippen molar-refractivity contribution in [2.75, 3.05) is 19.6 Å². The van der Waals surface area contributed by atoms with E-state index < -0.39 is 54.5 Å². The number of rotatable bonds is 11. The summed E-state index contributed by atoms with van der Waals surface area (Å²) in [5, 5.41) is 25.6.